The predicted molar refractivity (Wildman–Crippen MR) is 80.0 cm³/mol. The van der Waals surface area contributed by atoms with E-state index in [0.717, 1.165) is 5.56 Å². The van der Waals surface area contributed by atoms with Crippen molar-refractivity contribution in [2.75, 3.05) is 0 Å². The van der Waals surface area contributed by atoms with Crippen LogP contribution in [0.4, 0.5) is 5.69 Å². The van der Waals surface area contributed by atoms with Crippen LogP contribution in [0.5, 0.6) is 5.75 Å². The van der Waals surface area contributed by atoms with Gasteiger partial charge in [0.2, 0.25) is 0 Å². The summed E-state index contributed by atoms with van der Waals surface area (Å²) < 4.78 is 5.53. The number of nitro benzene ring substituents is 1. The van der Waals surface area contributed by atoms with E-state index in [9.17, 15) is 10.1 Å². The summed E-state index contributed by atoms with van der Waals surface area (Å²) in [6.45, 7) is 6.11. The van der Waals surface area contributed by atoms with Crippen molar-refractivity contribution in [3.05, 3.63) is 69.8 Å². The predicted octanol–water partition coefficient (Wildman–Crippen LogP) is 4.51. The Bertz CT molecular complexity index is 553. The van der Waals surface area contributed by atoms with Crippen LogP contribution in [0.25, 0.3) is 0 Å². The molecular weight excluding hydrogens is 254 g/mol. The molecule has 0 spiro atoms. The zero-order valence-corrected chi connectivity index (χ0v) is 12.0. The Balaban J connectivity index is 0.000000956. The van der Waals surface area contributed by atoms with Crippen molar-refractivity contribution in [2.45, 2.75) is 27.4 Å². The lowest BCUT2D eigenvalue weighted by Gasteiger charge is -2.06. The number of aryl methyl sites for hydroxylation is 1. The highest BCUT2D eigenvalue weighted by molar-refractivity contribution is 5.45. The van der Waals surface area contributed by atoms with E-state index in [1.165, 1.54) is 6.07 Å². The van der Waals surface area contributed by atoms with Crippen LogP contribution in [0.3, 0.4) is 0 Å². The van der Waals surface area contributed by atoms with E-state index in [1.54, 1.807) is 19.1 Å². The van der Waals surface area contributed by atoms with Gasteiger partial charge in [-0.3, -0.25) is 10.1 Å². The molecule has 0 aliphatic heterocycles. The Hall–Kier alpha value is -2.36. The van der Waals surface area contributed by atoms with Crippen LogP contribution in [0.1, 0.15) is 25.0 Å². The lowest BCUT2D eigenvalue weighted by molar-refractivity contribution is -0.385. The third kappa shape index (κ3) is 4.39. The molecule has 2 aromatic rings. The molecule has 0 fully saturated rings. The Morgan fingerprint density at radius 3 is 2.35 bits per heavy atom. The minimum absolute atomic E-state index is 0.0839. The van der Waals surface area contributed by atoms with Crippen molar-refractivity contribution in [3.8, 4) is 5.75 Å². The van der Waals surface area contributed by atoms with Crippen molar-refractivity contribution in [1.29, 1.82) is 0 Å². The Kier molecular flexibility index (Phi) is 6.23. The van der Waals surface area contributed by atoms with Gasteiger partial charge < -0.3 is 4.74 Å². The highest BCUT2D eigenvalue weighted by Gasteiger charge is 2.11. The Morgan fingerprint density at radius 2 is 1.75 bits per heavy atom. The molecule has 0 aliphatic rings. The molecule has 0 bridgehead atoms. The molecule has 2 rings (SSSR count). The third-order valence-corrected chi connectivity index (χ3v) is 2.63. The van der Waals surface area contributed by atoms with Crippen LogP contribution in [-0.2, 0) is 6.61 Å². The van der Waals surface area contributed by atoms with Crippen molar-refractivity contribution in [1.82, 2.24) is 0 Å². The van der Waals surface area contributed by atoms with E-state index in [2.05, 4.69) is 0 Å². The van der Waals surface area contributed by atoms with Crippen LogP contribution >= 0.6 is 0 Å². The van der Waals surface area contributed by atoms with Crippen molar-refractivity contribution in [3.63, 3.8) is 0 Å². The average Bonchev–Trinajstić information content (AvgIpc) is 2.49. The minimum atomic E-state index is -0.398. The van der Waals surface area contributed by atoms with Gasteiger partial charge in [-0.1, -0.05) is 44.2 Å². The highest BCUT2D eigenvalue weighted by Crippen LogP contribution is 2.24. The van der Waals surface area contributed by atoms with Gasteiger partial charge in [-0.2, -0.15) is 0 Å². The second-order valence-electron chi connectivity index (χ2n) is 3.98. The van der Waals surface area contributed by atoms with E-state index >= 15 is 0 Å². The van der Waals surface area contributed by atoms with Gasteiger partial charge >= 0.3 is 0 Å². The van der Waals surface area contributed by atoms with E-state index in [-0.39, 0.29) is 5.69 Å². The number of nitrogens with zero attached hydrogens (tertiary/aromatic N) is 1. The number of benzene rings is 2. The molecule has 0 N–H and O–H groups in total. The van der Waals surface area contributed by atoms with Crippen molar-refractivity contribution >= 4 is 5.69 Å². The molecule has 0 aromatic heterocycles. The smallest absolute Gasteiger partial charge is 0.276 e. The average molecular weight is 273 g/mol. The van der Waals surface area contributed by atoms with Crippen LogP contribution in [0.15, 0.2) is 48.5 Å². The third-order valence-electron chi connectivity index (χ3n) is 2.63. The van der Waals surface area contributed by atoms with Crippen LogP contribution in [0.2, 0.25) is 0 Å². The van der Waals surface area contributed by atoms with Gasteiger partial charge in [-0.05, 0) is 24.6 Å². The molecular formula is C16H19NO3. The number of ether oxygens (including phenoxy) is 1. The van der Waals surface area contributed by atoms with Gasteiger partial charge in [0.15, 0.2) is 0 Å². The number of hydrogen-bond donors (Lipinski definition) is 0. The molecule has 0 heterocycles. The molecule has 0 saturated heterocycles. The molecule has 0 amide bonds. The van der Waals surface area contributed by atoms with Gasteiger partial charge in [0, 0.05) is 5.56 Å². The largest absolute Gasteiger partial charge is 0.489 e. The van der Waals surface area contributed by atoms with Crippen LogP contribution in [0, 0.1) is 17.0 Å². The first kappa shape index (κ1) is 15.7. The van der Waals surface area contributed by atoms with E-state index < -0.39 is 4.92 Å². The van der Waals surface area contributed by atoms with E-state index in [1.807, 2.05) is 44.2 Å². The zero-order chi connectivity index (χ0) is 15.0. The molecule has 4 heteroatoms. The summed E-state index contributed by atoms with van der Waals surface area (Å²) in [5, 5.41) is 10.8. The lowest BCUT2D eigenvalue weighted by atomic mass is 10.2. The molecule has 0 aliphatic carbocycles. The quantitative estimate of drug-likeness (QED) is 0.608. The standard InChI is InChI=1S/C14H13NO3.C2H6/c1-11-7-8-13(9-14(11)15(16)17)18-10-12-5-3-2-4-6-12;1-2/h2-9H,10H2,1H3;1-2H3. The normalized spacial score (nSPS) is 9.35. The van der Waals surface area contributed by atoms with Gasteiger partial charge in [-0.15, -0.1) is 0 Å². The molecule has 4 nitrogen and oxygen atoms in total. The maximum Gasteiger partial charge on any atom is 0.276 e. The second kappa shape index (κ2) is 7.94. The Morgan fingerprint density at radius 1 is 1.10 bits per heavy atom. The highest BCUT2D eigenvalue weighted by atomic mass is 16.6. The van der Waals surface area contributed by atoms with Gasteiger partial charge in [-0.25, -0.2) is 0 Å². The van der Waals surface area contributed by atoms with Crippen molar-refractivity contribution < 1.29 is 9.66 Å². The first-order valence-electron chi connectivity index (χ1n) is 6.58. The fraction of sp³-hybridized carbons (Fsp3) is 0.250. The Labute approximate surface area is 119 Å². The summed E-state index contributed by atoms with van der Waals surface area (Å²) in [7, 11) is 0. The molecule has 20 heavy (non-hydrogen) atoms. The first-order valence-corrected chi connectivity index (χ1v) is 6.58. The molecule has 0 atom stereocenters. The van der Waals surface area contributed by atoms with Gasteiger partial charge in [0.1, 0.15) is 12.4 Å². The number of hydrogen-bond acceptors (Lipinski definition) is 3. The minimum Gasteiger partial charge on any atom is -0.489 e. The summed E-state index contributed by atoms with van der Waals surface area (Å²) in [6, 6.07) is 14.6. The number of rotatable bonds is 4. The summed E-state index contributed by atoms with van der Waals surface area (Å²) >= 11 is 0. The van der Waals surface area contributed by atoms with Gasteiger partial charge in [0.05, 0.1) is 11.0 Å². The summed E-state index contributed by atoms with van der Waals surface area (Å²) in [5.41, 5.74) is 1.74. The molecule has 106 valence electrons. The summed E-state index contributed by atoms with van der Waals surface area (Å²) in [6.07, 6.45) is 0. The molecule has 0 unspecified atom stereocenters. The van der Waals surface area contributed by atoms with Crippen LogP contribution in [-0.4, -0.2) is 4.92 Å². The van der Waals surface area contributed by atoms with E-state index in [4.69, 9.17) is 4.74 Å². The molecule has 2 aromatic carbocycles. The maximum absolute atomic E-state index is 10.8. The number of nitro groups is 1. The molecule has 0 saturated carbocycles. The van der Waals surface area contributed by atoms with E-state index in [0.29, 0.717) is 17.9 Å². The summed E-state index contributed by atoms with van der Waals surface area (Å²) in [4.78, 5) is 10.4. The zero-order valence-electron chi connectivity index (χ0n) is 12.0. The SMILES string of the molecule is CC.Cc1ccc(OCc2ccccc2)cc1[N+](=O)[O-]. The van der Waals surface area contributed by atoms with Gasteiger partial charge in [0.25, 0.3) is 5.69 Å². The summed E-state index contributed by atoms with van der Waals surface area (Å²) in [5.74, 6) is 0.510. The monoisotopic (exact) mass is 273 g/mol. The fourth-order valence-corrected chi connectivity index (χ4v) is 1.62. The van der Waals surface area contributed by atoms with Crippen molar-refractivity contribution in [2.24, 2.45) is 0 Å². The topological polar surface area (TPSA) is 52.4 Å². The van der Waals surface area contributed by atoms with Crippen LogP contribution < -0.4 is 4.74 Å². The fourth-order valence-electron chi connectivity index (χ4n) is 1.62. The lowest BCUT2D eigenvalue weighted by Crippen LogP contribution is -1.97. The first-order chi connectivity index (χ1) is 9.66. The second-order valence-corrected chi connectivity index (χ2v) is 3.98. The maximum atomic E-state index is 10.8. The molecule has 0 radical (unpaired) electrons.